The minimum atomic E-state index is -4.20. The van der Waals surface area contributed by atoms with E-state index in [1.54, 1.807) is 7.05 Å². The van der Waals surface area contributed by atoms with Gasteiger partial charge in [-0.05, 0) is 24.5 Å². The van der Waals surface area contributed by atoms with Crippen molar-refractivity contribution in [3.8, 4) is 0 Å². The van der Waals surface area contributed by atoms with Gasteiger partial charge in [-0.1, -0.05) is 24.3 Å². The quantitative estimate of drug-likeness (QED) is 0.447. The Bertz CT molecular complexity index is 734. The molecule has 2 aliphatic rings. The van der Waals surface area contributed by atoms with E-state index in [1.165, 1.54) is 23.0 Å². The van der Waals surface area contributed by atoms with Crippen molar-refractivity contribution in [2.75, 3.05) is 39.8 Å². The van der Waals surface area contributed by atoms with Crippen LogP contribution >= 0.6 is 0 Å². The van der Waals surface area contributed by atoms with E-state index in [0.717, 1.165) is 0 Å². The van der Waals surface area contributed by atoms with E-state index in [0.29, 0.717) is 64.6 Å². The average Bonchev–Trinajstić information content (AvgIpc) is 3.17. The highest BCUT2D eigenvalue weighted by molar-refractivity contribution is 5.80. The zero-order valence-electron chi connectivity index (χ0n) is 17.6. The molecule has 2 heterocycles. The molecule has 1 aromatic rings. The monoisotopic (exact) mass is 425 g/mol. The van der Waals surface area contributed by atoms with Gasteiger partial charge in [-0.15, -0.1) is 0 Å². The van der Waals surface area contributed by atoms with Crippen molar-refractivity contribution >= 4 is 11.9 Å². The lowest BCUT2D eigenvalue weighted by molar-refractivity contribution is -0.181. The average molecular weight is 425 g/mol. The number of nitrogens with zero attached hydrogens (tertiary/aromatic N) is 4. The zero-order valence-corrected chi connectivity index (χ0v) is 17.6. The van der Waals surface area contributed by atoms with Crippen LogP contribution in [0.5, 0.6) is 0 Å². The number of hydrogen-bond acceptors (Lipinski definition) is 3. The largest absolute Gasteiger partial charge is 0.403 e. The van der Waals surface area contributed by atoms with Gasteiger partial charge in [0.05, 0.1) is 0 Å². The number of halogens is 3. The molecule has 166 valence electrons. The fourth-order valence-electron chi connectivity index (χ4n) is 3.97. The molecule has 0 aromatic heterocycles. The first kappa shape index (κ1) is 22.4. The van der Waals surface area contributed by atoms with Crippen LogP contribution in [0.25, 0.3) is 0 Å². The molecule has 3 rings (SSSR count). The number of hydrogen-bond donors (Lipinski definition) is 1. The number of rotatable bonds is 5. The first-order valence-electron chi connectivity index (χ1n) is 10.4. The number of nitrogens with one attached hydrogen (secondary N) is 1. The topological polar surface area (TPSA) is 51.2 Å². The van der Waals surface area contributed by atoms with Gasteiger partial charge < -0.3 is 15.1 Å². The highest BCUT2D eigenvalue weighted by atomic mass is 19.4. The van der Waals surface area contributed by atoms with Crippen LogP contribution in [-0.2, 0) is 17.9 Å². The highest BCUT2D eigenvalue weighted by Crippen LogP contribution is 2.25. The third-order valence-corrected chi connectivity index (χ3v) is 5.89. The van der Waals surface area contributed by atoms with Gasteiger partial charge in [0.2, 0.25) is 5.91 Å². The number of carbonyl (C=O) groups is 1. The third kappa shape index (κ3) is 5.44. The molecular formula is C21H30F3N5O. The Morgan fingerprint density at radius 2 is 1.70 bits per heavy atom. The molecule has 0 saturated carbocycles. The lowest BCUT2D eigenvalue weighted by Crippen LogP contribution is -2.56. The standard InChI is InChI=1S/C21H30F3N5O/c1-16(21(22,23)24)27-10-12-28(13-11-27)20(25-2)26-9-5-8-19(30)29-14-17-6-3-4-7-18(17)15-29/h3-4,6-7,16H,5,8-15H2,1-2H3,(H,25,26). The van der Waals surface area contributed by atoms with E-state index in [1.807, 2.05) is 21.9 Å². The molecule has 1 unspecified atom stereocenters. The van der Waals surface area contributed by atoms with Crippen LogP contribution in [0.15, 0.2) is 29.3 Å². The van der Waals surface area contributed by atoms with Crippen molar-refractivity contribution in [3.63, 3.8) is 0 Å². The minimum absolute atomic E-state index is 0.137. The Morgan fingerprint density at radius 3 is 2.23 bits per heavy atom. The number of benzene rings is 1. The van der Waals surface area contributed by atoms with Crippen LogP contribution in [0.3, 0.4) is 0 Å². The Kier molecular flexibility index (Phi) is 7.23. The maximum Gasteiger partial charge on any atom is 0.403 e. The van der Waals surface area contributed by atoms with Crippen LogP contribution in [-0.4, -0.2) is 78.6 Å². The molecule has 9 heteroatoms. The van der Waals surface area contributed by atoms with E-state index >= 15 is 0 Å². The van der Waals surface area contributed by atoms with Crippen molar-refractivity contribution in [1.29, 1.82) is 0 Å². The summed E-state index contributed by atoms with van der Waals surface area (Å²) in [7, 11) is 1.67. The van der Waals surface area contributed by atoms with E-state index < -0.39 is 12.2 Å². The van der Waals surface area contributed by atoms with Crippen molar-refractivity contribution < 1.29 is 18.0 Å². The van der Waals surface area contributed by atoms with Crippen LogP contribution in [0.4, 0.5) is 13.2 Å². The Labute approximate surface area is 175 Å². The van der Waals surface area contributed by atoms with Gasteiger partial charge in [-0.25, -0.2) is 0 Å². The summed E-state index contributed by atoms with van der Waals surface area (Å²) in [4.78, 5) is 22.0. The number of alkyl halides is 3. The van der Waals surface area contributed by atoms with Crippen molar-refractivity contribution in [2.45, 2.75) is 45.1 Å². The number of carbonyl (C=O) groups excluding carboxylic acids is 1. The molecule has 0 bridgehead atoms. The summed E-state index contributed by atoms with van der Waals surface area (Å²) in [5, 5.41) is 3.24. The third-order valence-electron chi connectivity index (χ3n) is 5.89. The van der Waals surface area contributed by atoms with Crippen LogP contribution < -0.4 is 5.32 Å². The van der Waals surface area contributed by atoms with Gasteiger partial charge in [0.1, 0.15) is 6.04 Å². The summed E-state index contributed by atoms with van der Waals surface area (Å²) in [5.74, 6) is 0.813. The van der Waals surface area contributed by atoms with E-state index in [4.69, 9.17) is 0 Å². The summed E-state index contributed by atoms with van der Waals surface area (Å²) < 4.78 is 38.7. The second kappa shape index (κ2) is 9.68. The molecule has 1 saturated heterocycles. The first-order valence-corrected chi connectivity index (χ1v) is 10.4. The smallest absolute Gasteiger partial charge is 0.356 e. The van der Waals surface area contributed by atoms with Crippen LogP contribution in [0.1, 0.15) is 30.9 Å². The maximum atomic E-state index is 12.9. The number of amides is 1. The summed E-state index contributed by atoms with van der Waals surface area (Å²) in [6, 6.07) is 6.67. The molecule has 1 atom stereocenters. The molecule has 2 aliphatic heterocycles. The molecule has 1 fully saturated rings. The normalized spacial score (nSPS) is 19.0. The second-order valence-corrected chi connectivity index (χ2v) is 7.84. The molecule has 1 aromatic carbocycles. The zero-order chi connectivity index (χ0) is 21.7. The van der Waals surface area contributed by atoms with Crippen molar-refractivity contribution in [3.05, 3.63) is 35.4 Å². The van der Waals surface area contributed by atoms with E-state index in [-0.39, 0.29) is 5.91 Å². The highest BCUT2D eigenvalue weighted by Gasteiger charge is 2.41. The van der Waals surface area contributed by atoms with Gasteiger partial charge in [-0.2, -0.15) is 13.2 Å². The first-order chi connectivity index (χ1) is 14.3. The predicted octanol–water partition coefficient (Wildman–Crippen LogP) is 2.45. The van der Waals surface area contributed by atoms with Crippen molar-refractivity contribution in [2.24, 2.45) is 4.99 Å². The molecule has 30 heavy (non-hydrogen) atoms. The van der Waals surface area contributed by atoms with Gasteiger partial charge in [0.25, 0.3) is 0 Å². The fraction of sp³-hybridized carbons (Fsp3) is 0.619. The molecule has 1 N–H and O–H groups in total. The Hall–Kier alpha value is -2.29. The number of fused-ring (bicyclic) bond motifs is 1. The molecule has 1 amide bonds. The number of piperazine rings is 1. The molecular weight excluding hydrogens is 395 g/mol. The lowest BCUT2D eigenvalue weighted by Gasteiger charge is -2.39. The summed E-state index contributed by atoms with van der Waals surface area (Å²) in [6.45, 7) is 4.81. The van der Waals surface area contributed by atoms with Gasteiger partial charge in [0.15, 0.2) is 5.96 Å². The molecule has 0 radical (unpaired) electrons. The van der Waals surface area contributed by atoms with E-state index in [9.17, 15) is 18.0 Å². The molecule has 6 nitrogen and oxygen atoms in total. The predicted molar refractivity (Wildman–Crippen MR) is 110 cm³/mol. The number of aliphatic imine (C=N–C) groups is 1. The molecule has 0 aliphatic carbocycles. The van der Waals surface area contributed by atoms with Gasteiger partial charge >= 0.3 is 6.18 Å². The van der Waals surface area contributed by atoms with E-state index in [2.05, 4.69) is 22.4 Å². The summed E-state index contributed by atoms with van der Waals surface area (Å²) in [6.07, 6.45) is -3.07. The van der Waals surface area contributed by atoms with Crippen LogP contribution in [0, 0.1) is 0 Å². The minimum Gasteiger partial charge on any atom is -0.356 e. The number of guanidine groups is 1. The van der Waals surface area contributed by atoms with Gasteiger partial charge in [0, 0.05) is 59.3 Å². The summed E-state index contributed by atoms with van der Waals surface area (Å²) in [5.41, 5.74) is 2.42. The summed E-state index contributed by atoms with van der Waals surface area (Å²) >= 11 is 0. The Balaban J connectivity index is 1.37. The van der Waals surface area contributed by atoms with Gasteiger partial charge in [-0.3, -0.25) is 14.7 Å². The maximum absolute atomic E-state index is 12.9. The second-order valence-electron chi connectivity index (χ2n) is 7.84. The van der Waals surface area contributed by atoms with Crippen molar-refractivity contribution in [1.82, 2.24) is 20.0 Å². The van der Waals surface area contributed by atoms with Crippen LogP contribution in [0.2, 0.25) is 0 Å². The lowest BCUT2D eigenvalue weighted by atomic mass is 10.1. The fourth-order valence-corrected chi connectivity index (χ4v) is 3.97. The Morgan fingerprint density at radius 1 is 1.10 bits per heavy atom. The SMILES string of the molecule is CN=C(NCCCC(=O)N1Cc2ccccc2C1)N1CCN(C(C)C(F)(F)F)CC1. The molecule has 0 spiro atoms.